The van der Waals surface area contributed by atoms with Crippen LogP contribution in [0.15, 0.2) is 42.6 Å². The van der Waals surface area contributed by atoms with Gasteiger partial charge in [0.25, 0.3) is 0 Å². The molecule has 1 heterocycles. The zero-order valence-corrected chi connectivity index (χ0v) is 17.4. The summed E-state index contributed by atoms with van der Waals surface area (Å²) in [5, 5.41) is 26.1. The highest BCUT2D eigenvalue weighted by atomic mass is 19.4. The van der Waals surface area contributed by atoms with Gasteiger partial charge in [0, 0.05) is 10.8 Å². The average molecular weight is 448 g/mol. The Kier molecular flexibility index (Phi) is 4.87. The Bertz CT molecular complexity index is 1160. The van der Waals surface area contributed by atoms with Gasteiger partial charge in [-0.3, -0.25) is 0 Å². The number of rotatable bonds is 2. The molecule has 0 bridgehead atoms. The van der Waals surface area contributed by atoms with Crippen molar-refractivity contribution in [2.24, 2.45) is 5.92 Å². The number of fused-ring (bicyclic) bond motifs is 4. The van der Waals surface area contributed by atoms with E-state index < -0.39 is 36.0 Å². The van der Waals surface area contributed by atoms with Gasteiger partial charge in [0.05, 0.1) is 24.0 Å². The molecule has 1 saturated carbocycles. The van der Waals surface area contributed by atoms with Crippen LogP contribution in [-0.4, -0.2) is 38.4 Å². The van der Waals surface area contributed by atoms with Crippen molar-refractivity contribution in [3.8, 4) is 5.69 Å². The first-order valence-corrected chi connectivity index (χ1v) is 10.8. The van der Waals surface area contributed by atoms with Crippen molar-refractivity contribution in [2.75, 3.05) is 6.61 Å². The SMILES string of the molecule is OC[C@@]12CC[C@](O)(C(F)(F)F)C[C@H]1CCCc1cc3c(cnn3-c3ccc(F)cc3)cc12. The second-order valence-corrected chi connectivity index (χ2v) is 9.24. The highest BCUT2D eigenvalue weighted by Crippen LogP contribution is 2.55. The summed E-state index contributed by atoms with van der Waals surface area (Å²) in [5.41, 5.74) is -0.163. The lowest BCUT2D eigenvalue weighted by atomic mass is 9.58. The summed E-state index contributed by atoms with van der Waals surface area (Å²) in [7, 11) is 0. The Morgan fingerprint density at radius 1 is 1.12 bits per heavy atom. The first-order chi connectivity index (χ1) is 15.2. The van der Waals surface area contributed by atoms with Crippen LogP contribution >= 0.6 is 0 Å². The molecule has 170 valence electrons. The predicted octanol–water partition coefficient (Wildman–Crippen LogP) is 4.82. The maximum Gasteiger partial charge on any atom is 0.417 e. The Labute approximate surface area is 182 Å². The van der Waals surface area contributed by atoms with Gasteiger partial charge >= 0.3 is 6.18 Å². The molecule has 0 aliphatic heterocycles. The molecule has 0 unspecified atom stereocenters. The molecule has 5 rings (SSSR count). The molecule has 0 spiro atoms. The number of aromatic nitrogens is 2. The van der Waals surface area contributed by atoms with Gasteiger partial charge in [-0.1, -0.05) is 0 Å². The smallest absolute Gasteiger partial charge is 0.395 e. The van der Waals surface area contributed by atoms with Crippen LogP contribution in [0.2, 0.25) is 0 Å². The molecule has 2 aromatic carbocycles. The van der Waals surface area contributed by atoms with Crippen molar-refractivity contribution in [1.82, 2.24) is 9.78 Å². The summed E-state index contributed by atoms with van der Waals surface area (Å²) >= 11 is 0. The lowest BCUT2D eigenvalue weighted by molar-refractivity contribution is -0.280. The van der Waals surface area contributed by atoms with Crippen LogP contribution in [0, 0.1) is 11.7 Å². The van der Waals surface area contributed by atoms with Crippen molar-refractivity contribution in [1.29, 1.82) is 0 Å². The molecule has 2 aliphatic rings. The fourth-order valence-electron chi connectivity index (χ4n) is 5.74. The molecule has 0 saturated heterocycles. The van der Waals surface area contributed by atoms with Gasteiger partial charge in [0.1, 0.15) is 5.82 Å². The summed E-state index contributed by atoms with van der Waals surface area (Å²) in [6.45, 7) is -0.268. The van der Waals surface area contributed by atoms with E-state index in [4.69, 9.17) is 0 Å². The van der Waals surface area contributed by atoms with E-state index in [-0.39, 0.29) is 18.8 Å². The van der Waals surface area contributed by atoms with E-state index in [0.29, 0.717) is 24.9 Å². The quantitative estimate of drug-likeness (QED) is 0.553. The minimum atomic E-state index is -4.69. The van der Waals surface area contributed by atoms with E-state index in [1.54, 1.807) is 23.0 Å². The van der Waals surface area contributed by atoms with Crippen LogP contribution in [0.4, 0.5) is 17.6 Å². The van der Waals surface area contributed by atoms with Gasteiger partial charge < -0.3 is 10.2 Å². The Morgan fingerprint density at radius 2 is 1.88 bits per heavy atom. The first-order valence-electron chi connectivity index (χ1n) is 10.8. The number of aryl methyl sites for hydroxylation is 1. The molecular formula is C24H24F4N2O2. The number of hydrogen-bond acceptors (Lipinski definition) is 3. The number of hydrogen-bond donors (Lipinski definition) is 2. The molecule has 1 fully saturated rings. The maximum absolute atomic E-state index is 13.6. The summed E-state index contributed by atoms with van der Waals surface area (Å²) in [6.07, 6.45) is -1.93. The largest absolute Gasteiger partial charge is 0.417 e. The second kappa shape index (κ2) is 7.28. The van der Waals surface area contributed by atoms with Gasteiger partial charge in [-0.2, -0.15) is 18.3 Å². The van der Waals surface area contributed by atoms with Crippen LogP contribution in [0.25, 0.3) is 16.6 Å². The highest BCUT2D eigenvalue weighted by Gasteiger charge is 2.60. The van der Waals surface area contributed by atoms with Gasteiger partial charge in [0.2, 0.25) is 0 Å². The van der Waals surface area contributed by atoms with Crippen LogP contribution in [0.5, 0.6) is 0 Å². The predicted molar refractivity (Wildman–Crippen MR) is 111 cm³/mol. The lowest BCUT2D eigenvalue weighted by Gasteiger charge is -2.49. The molecule has 32 heavy (non-hydrogen) atoms. The minimum Gasteiger partial charge on any atom is -0.395 e. The number of aliphatic hydroxyl groups excluding tert-OH is 1. The zero-order valence-electron chi connectivity index (χ0n) is 17.4. The second-order valence-electron chi connectivity index (χ2n) is 9.24. The van der Waals surface area contributed by atoms with Gasteiger partial charge in [-0.25, -0.2) is 9.07 Å². The fourth-order valence-corrected chi connectivity index (χ4v) is 5.74. The van der Waals surface area contributed by atoms with E-state index in [9.17, 15) is 27.8 Å². The first kappa shape index (κ1) is 21.4. The van der Waals surface area contributed by atoms with E-state index >= 15 is 0 Å². The molecule has 8 heteroatoms. The monoisotopic (exact) mass is 448 g/mol. The standard InChI is InChI=1S/C24H24F4N2O2/c25-18-4-6-19(7-5-18)30-21-11-15-2-1-3-17-12-23(32,24(26,27)28)9-8-22(17,14-31)20(15)10-16(21)13-29-30/h4-7,10-11,13,17,31-32H,1-3,8-9,12,14H2/t17-,22+,23-/m1/s1. The van der Waals surface area contributed by atoms with Crippen LogP contribution in [0.3, 0.4) is 0 Å². The molecule has 2 aliphatic carbocycles. The summed E-state index contributed by atoms with van der Waals surface area (Å²) in [5.74, 6) is -0.815. The summed E-state index contributed by atoms with van der Waals surface area (Å²) < 4.78 is 55.7. The van der Waals surface area contributed by atoms with Crippen molar-refractivity contribution in [3.05, 3.63) is 59.5 Å². The van der Waals surface area contributed by atoms with E-state index in [1.807, 2.05) is 12.1 Å². The molecule has 1 aromatic heterocycles. The maximum atomic E-state index is 13.6. The minimum absolute atomic E-state index is 0.0643. The number of benzene rings is 2. The number of halogens is 4. The van der Waals surface area contributed by atoms with Gasteiger partial charge in [0.15, 0.2) is 5.60 Å². The Hall–Kier alpha value is -2.45. The number of nitrogens with zero attached hydrogens (tertiary/aromatic N) is 2. The molecule has 2 N–H and O–H groups in total. The normalized spacial score (nSPS) is 28.2. The number of aliphatic hydroxyl groups is 2. The Balaban J connectivity index is 1.61. The topological polar surface area (TPSA) is 58.3 Å². The molecule has 3 atom stereocenters. The third-order valence-electron chi connectivity index (χ3n) is 7.56. The summed E-state index contributed by atoms with van der Waals surface area (Å²) in [6, 6.07) is 9.92. The average Bonchev–Trinajstić information content (AvgIpc) is 3.09. The molecule has 0 radical (unpaired) electrons. The zero-order chi connectivity index (χ0) is 22.7. The molecule has 3 aromatic rings. The van der Waals surface area contributed by atoms with Crippen molar-refractivity contribution >= 4 is 10.9 Å². The van der Waals surface area contributed by atoms with Crippen LogP contribution in [0.1, 0.15) is 43.2 Å². The van der Waals surface area contributed by atoms with E-state index in [0.717, 1.165) is 22.0 Å². The number of alkyl halides is 3. The van der Waals surface area contributed by atoms with E-state index in [1.165, 1.54) is 12.1 Å². The summed E-state index contributed by atoms with van der Waals surface area (Å²) in [4.78, 5) is 0. The molecule has 0 amide bonds. The fraction of sp³-hybridized carbons (Fsp3) is 0.458. The van der Waals surface area contributed by atoms with Crippen LogP contribution < -0.4 is 0 Å². The Morgan fingerprint density at radius 3 is 2.56 bits per heavy atom. The van der Waals surface area contributed by atoms with Crippen molar-refractivity contribution < 1.29 is 27.8 Å². The van der Waals surface area contributed by atoms with E-state index in [2.05, 4.69) is 5.10 Å². The van der Waals surface area contributed by atoms with Crippen molar-refractivity contribution in [3.63, 3.8) is 0 Å². The molecule has 4 nitrogen and oxygen atoms in total. The third-order valence-corrected chi connectivity index (χ3v) is 7.56. The van der Waals surface area contributed by atoms with Crippen molar-refractivity contribution in [2.45, 2.75) is 55.7 Å². The lowest BCUT2D eigenvalue weighted by Crippen LogP contribution is -2.56. The van der Waals surface area contributed by atoms with Gasteiger partial charge in [-0.05, 0) is 92.0 Å². The van der Waals surface area contributed by atoms with Gasteiger partial charge in [-0.15, -0.1) is 0 Å². The molecular weight excluding hydrogens is 424 g/mol. The highest BCUT2D eigenvalue weighted by molar-refractivity contribution is 5.82. The third kappa shape index (κ3) is 3.15. The van der Waals surface area contributed by atoms with Crippen LogP contribution in [-0.2, 0) is 11.8 Å².